The normalized spacial score (nSPS) is 11.0. The van der Waals surface area contributed by atoms with Gasteiger partial charge in [-0.05, 0) is 47.9 Å². The zero-order chi connectivity index (χ0) is 22.5. The second-order valence-corrected chi connectivity index (χ2v) is 7.98. The van der Waals surface area contributed by atoms with Crippen LogP contribution in [0.4, 0.5) is 0 Å². The van der Waals surface area contributed by atoms with E-state index in [2.05, 4.69) is 45.6 Å². The Morgan fingerprint density at radius 2 is 1.70 bits per heavy atom. The first kappa shape index (κ1) is 20.8. The Labute approximate surface area is 192 Å². The Balaban J connectivity index is 1.40. The quantitative estimate of drug-likeness (QED) is 0.356. The molecule has 0 bridgehead atoms. The summed E-state index contributed by atoms with van der Waals surface area (Å²) in [6, 6.07) is 26.4. The van der Waals surface area contributed by atoms with E-state index < -0.39 is 0 Å². The van der Waals surface area contributed by atoms with Crippen molar-refractivity contribution in [3.05, 3.63) is 119 Å². The lowest BCUT2D eigenvalue weighted by Crippen LogP contribution is -2.16. The predicted molar refractivity (Wildman–Crippen MR) is 133 cm³/mol. The average molecular weight is 433 g/mol. The molecule has 5 nitrogen and oxygen atoms in total. The topological polar surface area (TPSA) is 70.7 Å². The summed E-state index contributed by atoms with van der Waals surface area (Å²) in [7, 11) is 0. The summed E-state index contributed by atoms with van der Waals surface area (Å²) in [5.41, 5.74) is 6.88. The molecule has 33 heavy (non-hydrogen) atoms. The third-order valence-electron chi connectivity index (χ3n) is 5.71. The molecule has 0 spiro atoms. The molecule has 5 aromatic rings. The number of aromatic amines is 1. The van der Waals surface area contributed by atoms with Gasteiger partial charge >= 0.3 is 0 Å². The Bertz CT molecular complexity index is 1410. The minimum absolute atomic E-state index is 0.128. The molecule has 0 atom stereocenters. The summed E-state index contributed by atoms with van der Waals surface area (Å²) in [6.45, 7) is 1.69. The lowest BCUT2D eigenvalue weighted by Gasteiger charge is -2.12. The number of H-pyrrole nitrogens is 1. The number of nitrogens with one attached hydrogen (secondary N) is 2. The monoisotopic (exact) mass is 432 g/mol. The van der Waals surface area contributed by atoms with E-state index in [1.165, 1.54) is 11.1 Å². The highest BCUT2D eigenvalue weighted by atomic mass is 16.1. The molecule has 3 aromatic heterocycles. The Kier molecular flexibility index (Phi) is 6.04. The van der Waals surface area contributed by atoms with Gasteiger partial charge in [-0.25, -0.2) is 4.98 Å². The molecule has 0 saturated carbocycles. The van der Waals surface area contributed by atoms with Crippen molar-refractivity contribution in [2.24, 2.45) is 0 Å². The van der Waals surface area contributed by atoms with Crippen molar-refractivity contribution < 1.29 is 0 Å². The van der Waals surface area contributed by atoms with Crippen LogP contribution in [0.5, 0.6) is 0 Å². The average Bonchev–Trinajstić information content (AvgIpc) is 2.88. The van der Waals surface area contributed by atoms with Crippen LogP contribution >= 0.6 is 0 Å². The third kappa shape index (κ3) is 4.73. The van der Waals surface area contributed by atoms with E-state index in [1.54, 1.807) is 12.4 Å². The molecule has 3 heterocycles. The Morgan fingerprint density at radius 1 is 0.848 bits per heavy atom. The molecule has 0 saturated heterocycles. The molecule has 5 heteroatoms. The smallest absolute Gasteiger partial charge is 0.257 e. The van der Waals surface area contributed by atoms with Crippen molar-refractivity contribution in [3.63, 3.8) is 0 Å². The van der Waals surface area contributed by atoms with Crippen molar-refractivity contribution >= 4 is 10.9 Å². The SMILES string of the molecule is O=c1[nH]ccc2nc(-c3ccc(CNCCc4cccnc4)cc3)c(-c3ccccc3)cc12. The molecule has 0 amide bonds. The molecule has 162 valence electrons. The van der Waals surface area contributed by atoms with Crippen LogP contribution in [0.2, 0.25) is 0 Å². The van der Waals surface area contributed by atoms with E-state index in [9.17, 15) is 4.79 Å². The molecule has 5 rings (SSSR count). The molecule has 2 aromatic carbocycles. The van der Waals surface area contributed by atoms with Crippen molar-refractivity contribution in [2.75, 3.05) is 6.54 Å². The maximum atomic E-state index is 12.4. The molecule has 2 N–H and O–H groups in total. The minimum Gasteiger partial charge on any atom is -0.328 e. The maximum Gasteiger partial charge on any atom is 0.257 e. The van der Waals surface area contributed by atoms with E-state index >= 15 is 0 Å². The summed E-state index contributed by atoms with van der Waals surface area (Å²) in [5.74, 6) is 0. The van der Waals surface area contributed by atoms with Gasteiger partial charge in [0.25, 0.3) is 5.56 Å². The number of nitrogens with zero attached hydrogens (tertiary/aromatic N) is 2. The van der Waals surface area contributed by atoms with Crippen LogP contribution < -0.4 is 10.9 Å². The third-order valence-corrected chi connectivity index (χ3v) is 5.71. The summed E-state index contributed by atoms with van der Waals surface area (Å²) in [5, 5.41) is 4.09. The zero-order valence-electron chi connectivity index (χ0n) is 18.2. The predicted octanol–water partition coefficient (Wildman–Crippen LogP) is 4.98. The Morgan fingerprint density at radius 3 is 2.48 bits per heavy atom. The first-order valence-electron chi connectivity index (χ1n) is 11.0. The van der Waals surface area contributed by atoms with Gasteiger partial charge in [-0.1, -0.05) is 60.7 Å². The highest BCUT2D eigenvalue weighted by Gasteiger charge is 2.13. The first-order chi connectivity index (χ1) is 16.3. The molecule has 0 aliphatic carbocycles. The van der Waals surface area contributed by atoms with Crippen LogP contribution in [0.25, 0.3) is 33.3 Å². The lowest BCUT2D eigenvalue weighted by atomic mass is 9.97. The number of fused-ring (bicyclic) bond motifs is 1. The van der Waals surface area contributed by atoms with Gasteiger partial charge in [0.1, 0.15) is 0 Å². The highest BCUT2D eigenvalue weighted by Crippen LogP contribution is 2.32. The van der Waals surface area contributed by atoms with Crippen LogP contribution in [0, 0.1) is 0 Å². The number of hydrogen-bond donors (Lipinski definition) is 2. The summed E-state index contributed by atoms with van der Waals surface area (Å²) >= 11 is 0. The summed E-state index contributed by atoms with van der Waals surface area (Å²) in [4.78, 5) is 24.2. The number of rotatable bonds is 7. The van der Waals surface area contributed by atoms with Crippen LogP contribution in [0.1, 0.15) is 11.1 Å². The van der Waals surface area contributed by atoms with E-state index in [-0.39, 0.29) is 5.56 Å². The number of hydrogen-bond acceptors (Lipinski definition) is 4. The van der Waals surface area contributed by atoms with Crippen molar-refractivity contribution in [2.45, 2.75) is 13.0 Å². The van der Waals surface area contributed by atoms with Crippen LogP contribution in [-0.2, 0) is 13.0 Å². The summed E-state index contributed by atoms with van der Waals surface area (Å²) in [6.07, 6.45) is 6.30. The number of benzene rings is 2. The fourth-order valence-corrected chi connectivity index (χ4v) is 3.96. The van der Waals surface area contributed by atoms with Crippen LogP contribution in [0.3, 0.4) is 0 Å². The molecular weight excluding hydrogens is 408 g/mol. The van der Waals surface area contributed by atoms with E-state index in [0.717, 1.165) is 41.9 Å². The number of aromatic nitrogens is 3. The Hall–Kier alpha value is -4.09. The van der Waals surface area contributed by atoms with Gasteiger partial charge in [-0.2, -0.15) is 0 Å². The summed E-state index contributed by atoms with van der Waals surface area (Å²) < 4.78 is 0. The van der Waals surface area contributed by atoms with Gasteiger partial charge < -0.3 is 10.3 Å². The van der Waals surface area contributed by atoms with E-state index in [1.807, 2.05) is 54.7 Å². The molecule has 0 radical (unpaired) electrons. The van der Waals surface area contributed by atoms with Crippen LogP contribution in [0.15, 0.2) is 102 Å². The van der Waals surface area contributed by atoms with Gasteiger partial charge in [0.2, 0.25) is 0 Å². The standard InChI is InChI=1S/C28H24N4O/c33-28-25-17-24(22-6-2-1-3-7-22)27(32-26(25)13-16-31-28)23-10-8-21(9-11-23)19-30-15-12-20-5-4-14-29-18-20/h1-11,13-14,16-18,30H,12,15,19H2,(H,31,33). The minimum atomic E-state index is -0.128. The second kappa shape index (κ2) is 9.59. The lowest BCUT2D eigenvalue weighted by molar-refractivity contribution is 0.686. The van der Waals surface area contributed by atoms with Crippen molar-refractivity contribution in [3.8, 4) is 22.4 Å². The fraction of sp³-hybridized carbons (Fsp3) is 0.107. The molecule has 0 aliphatic heterocycles. The molecule has 0 aliphatic rings. The molecule has 0 fully saturated rings. The highest BCUT2D eigenvalue weighted by molar-refractivity contribution is 5.91. The maximum absolute atomic E-state index is 12.4. The van der Waals surface area contributed by atoms with Gasteiger partial charge in [0.05, 0.1) is 16.6 Å². The van der Waals surface area contributed by atoms with Crippen molar-refractivity contribution in [1.82, 2.24) is 20.3 Å². The second-order valence-electron chi connectivity index (χ2n) is 7.98. The van der Waals surface area contributed by atoms with Crippen LogP contribution in [-0.4, -0.2) is 21.5 Å². The first-order valence-corrected chi connectivity index (χ1v) is 11.0. The molecular formula is C28H24N4O. The largest absolute Gasteiger partial charge is 0.328 e. The van der Waals surface area contributed by atoms with Crippen molar-refractivity contribution in [1.29, 1.82) is 0 Å². The number of pyridine rings is 3. The fourth-order valence-electron chi connectivity index (χ4n) is 3.96. The molecule has 0 unspecified atom stereocenters. The van der Waals surface area contributed by atoms with Gasteiger partial charge in [-0.15, -0.1) is 0 Å². The zero-order valence-corrected chi connectivity index (χ0v) is 18.2. The van der Waals surface area contributed by atoms with Gasteiger partial charge in [0, 0.05) is 36.3 Å². The van der Waals surface area contributed by atoms with E-state index in [4.69, 9.17) is 4.98 Å². The van der Waals surface area contributed by atoms with E-state index in [0.29, 0.717) is 10.9 Å². The van der Waals surface area contributed by atoms with Gasteiger partial charge in [0.15, 0.2) is 0 Å². The van der Waals surface area contributed by atoms with Gasteiger partial charge in [-0.3, -0.25) is 9.78 Å².